The molecular weight excluding hydrogens is 1420 g/mol. The first-order valence-electron chi connectivity index (χ1n) is 22.1. The fourth-order valence-electron chi connectivity index (χ4n) is 7.42. The van der Waals surface area contributed by atoms with E-state index < -0.39 is 11.2 Å². The Morgan fingerprint density at radius 1 is 0.636 bits per heavy atom. The van der Waals surface area contributed by atoms with Gasteiger partial charge < -0.3 is 48.7 Å². The molecule has 2 aliphatic heterocycles. The van der Waals surface area contributed by atoms with Crippen LogP contribution in [0, 0.1) is 17.8 Å². The molecule has 0 atom stereocenters. The van der Waals surface area contributed by atoms with Crippen LogP contribution in [0.25, 0.3) is 0 Å². The molecule has 2 N–H and O–H groups in total. The summed E-state index contributed by atoms with van der Waals surface area (Å²) in [5.41, 5.74) is 5.85. The normalized spacial score (nSPS) is 20.4. The molecule has 66 heavy (non-hydrogen) atoms. The van der Waals surface area contributed by atoms with E-state index in [0.29, 0.717) is 43.4 Å². The number of hydrogen-bond donors (Lipinski definition) is 1. The van der Waals surface area contributed by atoms with E-state index in [1.807, 2.05) is 58.6 Å². The zero-order valence-electron chi connectivity index (χ0n) is 39.4. The average Bonchev–Trinajstić information content (AvgIpc) is 3.27. The van der Waals surface area contributed by atoms with Crippen LogP contribution in [0.4, 0.5) is 9.59 Å². The van der Waals surface area contributed by atoms with Crippen molar-refractivity contribution >= 4 is 105 Å². The number of piperidine rings is 2. The van der Waals surface area contributed by atoms with Crippen molar-refractivity contribution in [3.63, 3.8) is 0 Å². The number of nitrogens with zero attached hydrogens (tertiary/aromatic N) is 2. The Labute approximate surface area is 445 Å². The Balaban J connectivity index is 0.000000351. The van der Waals surface area contributed by atoms with Crippen LogP contribution < -0.4 is 28.5 Å². The summed E-state index contributed by atoms with van der Waals surface area (Å²) in [7, 11) is 2.74. The van der Waals surface area contributed by atoms with E-state index >= 15 is 0 Å². The summed E-state index contributed by atoms with van der Waals surface area (Å²) in [4.78, 5) is 60.5. The molecule has 2 saturated heterocycles. The Kier molecular flexibility index (Phi) is 29.5. The van der Waals surface area contributed by atoms with Gasteiger partial charge in [-0.25, -0.2) is 19.2 Å². The van der Waals surface area contributed by atoms with Crippen LogP contribution in [-0.4, -0.2) is 110 Å². The summed E-state index contributed by atoms with van der Waals surface area (Å²) in [5, 5.41) is 0. The van der Waals surface area contributed by atoms with Gasteiger partial charge in [-0.15, -0.1) is 0 Å². The van der Waals surface area contributed by atoms with Gasteiger partial charge in [-0.2, -0.15) is 0 Å². The van der Waals surface area contributed by atoms with Gasteiger partial charge in [0.2, 0.25) is 0 Å². The predicted octanol–water partition coefficient (Wildman–Crippen LogP) is 8.78. The number of amides is 2. The van der Waals surface area contributed by atoms with E-state index in [1.165, 1.54) is 27.1 Å². The first-order valence-corrected chi connectivity index (χ1v) is 41.0. The molecule has 19 heteroatoms. The Bertz CT molecular complexity index is 1740. The number of nitrogens with two attached hydrogens (primary N) is 1. The molecule has 0 bridgehead atoms. The van der Waals surface area contributed by atoms with Crippen molar-refractivity contribution < 1.29 is 65.6 Å². The van der Waals surface area contributed by atoms with E-state index in [4.69, 9.17) is 29.4 Å². The summed E-state index contributed by atoms with van der Waals surface area (Å²) < 4.78 is 31.7. The van der Waals surface area contributed by atoms with Crippen molar-refractivity contribution in [1.29, 1.82) is 0 Å². The van der Waals surface area contributed by atoms with Crippen molar-refractivity contribution in [2.24, 2.45) is 23.5 Å². The van der Waals surface area contributed by atoms with Crippen LogP contribution in [-0.2, 0) is 23.7 Å². The molecule has 0 spiro atoms. The minimum absolute atomic E-state index is 0.115. The molecule has 14 nitrogen and oxygen atoms in total. The Hall–Kier alpha value is -1.20. The van der Waals surface area contributed by atoms with Gasteiger partial charge in [0.15, 0.2) is 0 Å². The van der Waals surface area contributed by atoms with Crippen LogP contribution in [0.15, 0.2) is 48.5 Å². The average molecular weight is 1490 g/mol. The van der Waals surface area contributed by atoms with Crippen molar-refractivity contribution in [2.45, 2.75) is 135 Å². The summed E-state index contributed by atoms with van der Waals surface area (Å²) in [5.74, 6) is 2.45. The Morgan fingerprint density at radius 2 is 0.985 bits per heavy atom. The van der Waals surface area contributed by atoms with E-state index in [-0.39, 0.29) is 48.3 Å². The predicted molar refractivity (Wildman–Crippen MR) is 287 cm³/mol. The van der Waals surface area contributed by atoms with E-state index in [0.717, 1.165) is 88.2 Å². The SMILES string of the molecule is CC(C)(C)OC(=O)N1CCC(C=O)CC1.COC(=O)c1ccc(OC2CC(CCC3CCN(C(=O)OC(C)(C)C)CC3)C2)cc1.COC(=O)c1ccc(OC2CC(N)C2)cc1.II.I[I-]I. The fourth-order valence-corrected chi connectivity index (χ4v) is 7.42. The zero-order valence-corrected chi connectivity index (χ0v) is 50.2. The maximum atomic E-state index is 12.2. The first-order chi connectivity index (χ1) is 31.3. The first kappa shape index (κ1) is 60.9. The van der Waals surface area contributed by atoms with Crippen LogP contribution in [0.1, 0.15) is 126 Å². The number of aldehydes is 1. The van der Waals surface area contributed by atoms with Gasteiger partial charge in [-0.05, 0) is 160 Å². The number of ether oxygens (including phenoxy) is 6. The van der Waals surface area contributed by atoms with E-state index in [2.05, 4.69) is 79.2 Å². The number of methoxy groups -OCH3 is 2. The van der Waals surface area contributed by atoms with Crippen LogP contribution in [0.3, 0.4) is 0 Å². The van der Waals surface area contributed by atoms with Gasteiger partial charge in [0.05, 0.1) is 31.5 Å². The van der Waals surface area contributed by atoms with Crippen LogP contribution in [0.2, 0.25) is 0 Å². The monoisotopic (exact) mass is 1490 g/mol. The molecule has 0 radical (unpaired) electrons. The second kappa shape index (κ2) is 31.9. The standard InChI is InChI=1S/C24H35NO5.C12H15NO3.C11H19NO3.I3.I2/c1-24(2,3)30-23(27)25-13-11-17(12-14-25)5-6-18-15-21(16-18)29-20-9-7-19(8-10-20)22(26)28-4;1-15-12(14)8-2-4-10(5-3-8)16-11-6-9(13)7-11;1-11(2,3)15-10(14)12-6-4-9(8-13)5-7-12;1-3-2;1-2/h7-10,17-18,21H,5-6,11-16H2,1-4H3;2-5,9,11H,6-7,13H2,1H3;8-9H,4-7H2,1-3H3;;/q;;;-1;. The fraction of sp³-hybridized carbons (Fsp3) is 0.638. The van der Waals surface area contributed by atoms with Gasteiger partial charge in [-0.1, -0.05) is 6.42 Å². The van der Waals surface area contributed by atoms with Gasteiger partial charge in [0, 0.05) is 75.4 Å². The third-order valence-electron chi connectivity index (χ3n) is 11.1. The van der Waals surface area contributed by atoms with Crippen LogP contribution >= 0.6 is 74.5 Å². The van der Waals surface area contributed by atoms with E-state index in [9.17, 15) is 24.0 Å². The molecule has 2 amide bonds. The topological polar surface area (TPSA) is 173 Å². The number of carbonyl (C=O) groups is 5. The molecule has 4 aliphatic rings. The van der Waals surface area contributed by atoms with Gasteiger partial charge >= 0.3 is 74.6 Å². The van der Waals surface area contributed by atoms with Gasteiger partial charge in [0.1, 0.15) is 35.1 Å². The van der Waals surface area contributed by atoms with Crippen molar-refractivity contribution in [2.75, 3.05) is 40.4 Å². The number of halogens is 5. The molecule has 2 aromatic rings. The summed E-state index contributed by atoms with van der Waals surface area (Å²) in [6.45, 7) is 14.1. The zero-order chi connectivity index (χ0) is 49.5. The van der Waals surface area contributed by atoms with Crippen molar-refractivity contribution in [1.82, 2.24) is 9.80 Å². The summed E-state index contributed by atoms with van der Waals surface area (Å²) in [6.07, 6.45) is 11.1. The number of carbonyl (C=O) groups excluding carboxylic acids is 5. The molecule has 2 aliphatic carbocycles. The molecular formula is C47H69I5N3O11-. The summed E-state index contributed by atoms with van der Waals surface area (Å²) in [6, 6.07) is 14.4. The molecule has 2 saturated carbocycles. The molecule has 0 unspecified atom stereocenters. The van der Waals surface area contributed by atoms with Gasteiger partial charge in [0.25, 0.3) is 0 Å². The maximum absolute atomic E-state index is 12.2. The summed E-state index contributed by atoms with van der Waals surface area (Å²) >= 11 is 9.54. The molecule has 374 valence electrons. The van der Waals surface area contributed by atoms with Crippen molar-refractivity contribution in [3.05, 3.63) is 59.7 Å². The molecule has 2 heterocycles. The second-order valence-electron chi connectivity index (χ2n) is 18.6. The number of benzene rings is 2. The second-order valence-corrected chi connectivity index (χ2v) is 34.8. The number of hydrogen-bond acceptors (Lipinski definition) is 12. The molecule has 6 rings (SSSR count). The van der Waals surface area contributed by atoms with Crippen LogP contribution in [0.5, 0.6) is 11.5 Å². The number of likely N-dealkylation sites (tertiary alicyclic amines) is 2. The molecule has 4 fully saturated rings. The quantitative estimate of drug-likeness (QED) is 0.104. The van der Waals surface area contributed by atoms with E-state index in [1.54, 1.807) is 41.3 Å². The third-order valence-corrected chi connectivity index (χ3v) is 11.1. The number of esters is 2. The minimum atomic E-state index is -0.446. The molecule has 2 aromatic carbocycles. The third kappa shape index (κ3) is 24.1. The van der Waals surface area contributed by atoms with Crippen molar-refractivity contribution in [3.8, 4) is 11.5 Å². The van der Waals surface area contributed by atoms with Gasteiger partial charge in [-0.3, -0.25) is 0 Å². The molecule has 0 aromatic heterocycles. The number of rotatable bonds is 10. The Morgan fingerprint density at radius 3 is 1.32 bits per heavy atom.